The number of H-pyrrole nitrogens is 1. The molecule has 346 valence electrons. The molecular formula is C53H35BClF6N7O2. The van der Waals surface area contributed by atoms with Crippen molar-refractivity contribution >= 4 is 90.3 Å². The Morgan fingerprint density at radius 2 is 1.00 bits per heavy atom. The number of fused-ring (bicyclic) bond motifs is 14. The summed E-state index contributed by atoms with van der Waals surface area (Å²) >= 11 is 6.91. The molecule has 17 heteroatoms. The van der Waals surface area contributed by atoms with E-state index in [1.54, 1.807) is 0 Å². The Hall–Kier alpha value is -7.59. The summed E-state index contributed by atoms with van der Waals surface area (Å²) in [5.41, 5.74) is 7.42. The van der Waals surface area contributed by atoms with Crippen LogP contribution >= 0.6 is 11.5 Å². The number of amidine groups is 2. The minimum Gasteiger partial charge on any atom is -0.354 e. The van der Waals surface area contributed by atoms with E-state index in [4.69, 9.17) is 11.5 Å². The number of halogens is 7. The summed E-state index contributed by atoms with van der Waals surface area (Å²) in [5.74, 6) is -7.06. The van der Waals surface area contributed by atoms with Crippen LogP contribution in [-0.4, -0.2) is 37.8 Å². The number of pyridine rings is 1. The predicted molar refractivity (Wildman–Crippen MR) is 259 cm³/mol. The minimum atomic E-state index is -1.22. The summed E-state index contributed by atoms with van der Waals surface area (Å²) in [6.45, 7) is 12.9. The second-order valence-electron chi connectivity index (χ2n) is 20.0. The summed E-state index contributed by atoms with van der Waals surface area (Å²) < 4.78 is 88.8. The van der Waals surface area contributed by atoms with Gasteiger partial charge in [-0.05, 0) is 106 Å². The fourth-order valence-electron chi connectivity index (χ4n) is 9.79. The molecule has 70 heavy (non-hydrogen) atoms. The molecule has 9 aromatic rings. The summed E-state index contributed by atoms with van der Waals surface area (Å²) in [6, 6.07) is 21.5. The number of carbonyl (C=O) groups is 1. The Morgan fingerprint density at radius 1 is 0.500 bits per heavy atom. The number of carbonyl (C=O) groups excluding carboxylic acids is 1. The van der Waals surface area contributed by atoms with E-state index in [0.29, 0.717) is 28.3 Å². The van der Waals surface area contributed by atoms with Crippen LogP contribution in [-0.2, 0) is 17.3 Å². The first-order valence-corrected chi connectivity index (χ1v) is 22.7. The molecule has 4 aliphatic rings. The maximum atomic E-state index is 14.4. The lowest BCUT2D eigenvalue weighted by Gasteiger charge is -2.24. The van der Waals surface area contributed by atoms with Gasteiger partial charge in [0.2, 0.25) is 0 Å². The largest absolute Gasteiger partial charge is 0.499 e. The Morgan fingerprint density at radius 3 is 1.61 bits per heavy atom. The number of nitrogens with zero attached hydrogens (tertiary/aromatic N) is 6. The van der Waals surface area contributed by atoms with Crippen LogP contribution in [0.2, 0.25) is 0 Å². The quantitative estimate of drug-likeness (QED) is 0.0928. The van der Waals surface area contributed by atoms with Crippen LogP contribution in [0, 0.1) is 34.9 Å². The molecule has 0 fully saturated rings. The Balaban J connectivity index is 0.000000147. The number of aromatic nitrogens is 3. The second kappa shape index (κ2) is 14.7. The van der Waals surface area contributed by atoms with Crippen molar-refractivity contribution in [1.82, 2.24) is 13.9 Å². The van der Waals surface area contributed by atoms with E-state index in [-0.39, 0.29) is 89.0 Å². The Kier molecular flexibility index (Phi) is 9.18. The zero-order valence-corrected chi connectivity index (χ0v) is 38.8. The first-order valence-electron chi connectivity index (χ1n) is 22.3. The fourth-order valence-corrected chi connectivity index (χ4v) is 10.2. The lowest BCUT2D eigenvalue weighted by Crippen LogP contribution is -2.44. The summed E-state index contributed by atoms with van der Waals surface area (Å²) in [5, 5.41) is 1.82. The summed E-state index contributed by atoms with van der Waals surface area (Å²) in [4.78, 5) is 48.2. The van der Waals surface area contributed by atoms with Gasteiger partial charge in [0.05, 0.1) is 5.52 Å². The van der Waals surface area contributed by atoms with E-state index in [9.17, 15) is 35.9 Å². The van der Waals surface area contributed by atoms with Gasteiger partial charge in [0, 0.05) is 60.1 Å². The number of hydrogen-bond donors (Lipinski definition) is 1. The number of benzene rings is 6. The number of rotatable bonds is 0. The fraction of sp³-hybridized carbons (Fsp3) is 0.170. The van der Waals surface area contributed by atoms with Gasteiger partial charge in [-0.1, -0.05) is 59.7 Å². The molecule has 9 nitrogen and oxygen atoms in total. The zero-order valence-electron chi connectivity index (χ0n) is 38.0. The molecule has 13 rings (SSSR count). The molecule has 0 saturated heterocycles. The van der Waals surface area contributed by atoms with Crippen molar-refractivity contribution in [2.24, 2.45) is 20.0 Å². The molecule has 1 N–H and O–H groups in total. The van der Waals surface area contributed by atoms with Gasteiger partial charge < -0.3 is 13.9 Å². The highest BCUT2D eigenvalue weighted by Gasteiger charge is 2.37. The lowest BCUT2D eigenvalue weighted by atomic mass is 9.79. The number of aliphatic imine (C=N–C) groups is 2. The molecule has 0 amide bonds. The van der Waals surface area contributed by atoms with Crippen molar-refractivity contribution in [3.63, 3.8) is 0 Å². The molecule has 0 saturated carbocycles. The molecule has 3 aromatic heterocycles. The molecule has 6 heterocycles. The number of ketones is 1. The third kappa shape index (κ3) is 6.41. The van der Waals surface area contributed by atoms with Gasteiger partial charge in [0.15, 0.2) is 57.8 Å². The highest BCUT2D eigenvalue weighted by Crippen LogP contribution is 2.43. The van der Waals surface area contributed by atoms with Crippen LogP contribution in [0.15, 0.2) is 110 Å². The van der Waals surface area contributed by atoms with Crippen molar-refractivity contribution in [2.45, 2.75) is 58.8 Å². The van der Waals surface area contributed by atoms with Crippen molar-refractivity contribution in [1.29, 1.82) is 0 Å². The van der Waals surface area contributed by atoms with Gasteiger partial charge >= 0.3 is 6.40 Å². The average Bonchev–Trinajstić information content (AvgIpc) is 3.89. The number of aromatic amines is 1. The Labute approximate surface area is 398 Å². The second-order valence-corrected chi connectivity index (χ2v) is 20.4. The van der Waals surface area contributed by atoms with E-state index in [1.165, 1.54) is 8.96 Å². The minimum absolute atomic E-state index is 0.00181. The smallest absolute Gasteiger partial charge is 0.354 e. The van der Waals surface area contributed by atoms with E-state index in [2.05, 4.69) is 84.7 Å². The van der Waals surface area contributed by atoms with E-state index in [1.807, 2.05) is 30.3 Å². The van der Waals surface area contributed by atoms with E-state index in [0.717, 1.165) is 69.7 Å². The molecule has 0 spiro atoms. The first-order chi connectivity index (χ1) is 33.1. The van der Waals surface area contributed by atoms with Gasteiger partial charge in [0.1, 0.15) is 22.6 Å². The maximum Gasteiger partial charge on any atom is 0.499 e. The highest BCUT2D eigenvalue weighted by atomic mass is 35.5. The molecule has 0 unspecified atom stereocenters. The van der Waals surface area contributed by atoms with Crippen LogP contribution in [0.1, 0.15) is 90.8 Å². The van der Waals surface area contributed by atoms with Gasteiger partial charge in [-0.3, -0.25) is 9.59 Å². The lowest BCUT2D eigenvalue weighted by molar-refractivity contribution is 0.103. The molecule has 3 aliphatic heterocycles. The monoisotopic (exact) mass is 961 g/mol. The molecule has 4 bridgehead atoms. The van der Waals surface area contributed by atoms with E-state index < -0.39 is 41.3 Å². The predicted octanol–water partition coefficient (Wildman–Crippen LogP) is 11.2. The number of nitrogens with one attached hydrogen (secondary N) is 1. The normalized spacial score (nSPS) is 14.5. The van der Waals surface area contributed by atoms with Crippen LogP contribution in [0.5, 0.6) is 0 Å². The maximum absolute atomic E-state index is 14.4. The van der Waals surface area contributed by atoms with Gasteiger partial charge in [0.25, 0.3) is 0 Å². The summed E-state index contributed by atoms with van der Waals surface area (Å²) in [7, 11) is 0. The SMILES string of the molecule is CC(C)(C)c1ccc2c(c1)C(=O)c1cc3[nH]c4ccc(C(C)(C)C)cc4c(=O)c3cc1C2.Fc1cc2c(cc1F)C1=Nc3c4cc(F)c(F)cc4c4n3B(Cl)n3c(c5cc(F)c(F)cc5c3=N4)=NC2=N1. The standard InChI is InChI=1S/C29H29NO2.C24H6BClF6N6/c1-28(2,3)18-8-7-16-11-17-12-22-25(15-21(17)26(31)20(16)13-18)30-24-10-9-19(29(4,5)6)14-23(24)27(22)32;26-25-37-21-9-3-15(29)17(31)5-11(9)23(37)36-24-12-6-18(32)16(30)4-10(12)22(38(24)25)35-20-8-2-14(28)13(27)1-7(8)19(33-20)34-21/h7-10,12-15H,11H2,1-6H3,(H,30,32);1-6H. The third-order valence-electron chi connectivity index (χ3n) is 13.5. The van der Waals surface area contributed by atoms with Crippen molar-refractivity contribution in [2.75, 3.05) is 0 Å². The van der Waals surface area contributed by atoms with Crippen molar-refractivity contribution in [3.05, 3.63) is 186 Å². The zero-order chi connectivity index (χ0) is 49.2. The van der Waals surface area contributed by atoms with Crippen molar-refractivity contribution in [3.8, 4) is 0 Å². The highest BCUT2D eigenvalue weighted by molar-refractivity contribution is 7.05. The topological polar surface area (TPSA) is 109 Å². The summed E-state index contributed by atoms with van der Waals surface area (Å²) in [6.07, 6.45) is -0.557. The first kappa shape index (κ1) is 43.7. The van der Waals surface area contributed by atoms with Crippen molar-refractivity contribution < 1.29 is 31.1 Å². The van der Waals surface area contributed by atoms with E-state index >= 15 is 0 Å². The average molecular weight is 962 g/mol. The molecule has 0 radical (unpaired) electrons. The van der Waals surface area contributed by atoms with Crippen LogP contribution in [0.25, 0.3) is 43.4 Å². The van der Waals surface area contributed by atoms with Crippen LogP contribution in [0.3, 0.4) is 0 Å². The Bertz CT molecular complexity index is 4220. The third-order valence-corrected chi connectivity index (χ3v) is 13.9. The number of hydrogen-bond acceptors (Lipinski definition) is 6. The van der Waals surface area contributed by atoms with Crippen LogP contribution < -0.4 is 16.4 Å². The molecular weight excluding hydrogens is 927 g/mol. The molecule has 1 aliphatic carbocycles. The van der Waals surface area contributed by atoms with Gasteiger partial charge in [-0.2, -0.15) is 0 Å². The molecule has 0 atom stereocenters. The van der Waals surface area contributed by atoms with Crippen LogP contribution in [0.4, 0.5) is 38.0 Å². The van der Waals surface area contributed by atoms with Gasteiger partial charge in [-0.15, -0.1) is 11.5 Å². The molecule has 6 aromatic carbocycles. The van der Waals surface area contributed by atoms with Gasteiger partial charge in [-0.25, -0.2) is 46.3 Å².